The fourth-order valence-corrected chi connectivity index (χ4v) is 3.14. The number of hydrogen-bond acceptors (Lipinski definition) is 5. The summed E-state index contributed by atoms with van der Waals surface area (Å²) in [5.41, 5.74) is 4.87. The van der Waals surface area contributed by atoms with Crippen LogP contribution in [0, 0.1) is 0 Å². The highest BCUT2D eigenvalue weighted by molar-refractivity contribution is 5.66. The van der Waals surface area contributed by atoms with E-state index in [0.29, 0.717) is 0 Å². The first kappa shape index (κ1) is 24.4. The highest BCUT2D eigenvalue weighted by Crippen LogP contribution is 2.26. The molecule has 166 valence electrons. The van der Waals surface area contributed by atoms with E-state index in [1.807, 2.05) is 12.1 Å². The standard InChI is InChI=1S/C25H38N2O3/c1-19(2)29-11-9-26-17-21-13-22(18-27-10-12-30-20(3)4)15-24(14-21)23-7-6-8-25(16-23)28-5/h6-8,13-16,19-20,26-27H,9-12,17-18H2,1-5H3. The second-order valence-electron chi connectivity index (χ2n) is 7.96. The van der Waals surface area contributed by atoms with Gasteiger partial charge in [-0.1, -0.05) is 18.2 Å². The molecule has 0 radical (unpaired) electrons. The minimum atomic E-state index is 0.264. The summed E-state index contributed by atoms with van der Waals surface area (Å²) in [7, 11) is 1.70. The van der Waals surface area contributed by atoms with Crippen molar-refractivity contribution in [1.82, 2.24) is 10.6 Å². The van der Waals surface area contributed by atoms with Gasteiger partial charge in [0, 0.05) is 26.2 Å². The van der Waals surface area contributed by atoms with Crippen molar-refractivity contribution in [2.24, 2.45) is 0 Å². The number of nitrogens with one attached hydrogen (secondary N) is 2. The Kier molecular flexibility index (Phi) is 10.9. The van der Waals surface area contributed by atoms with Crippen LogP contribution < -0.4 is 15.4 Å². The Hall–Kier alpha value is -1.92. The van der Waals surface area contributed by atoms with Crippen LogP contribution >= 0.6 is 0 Å². The molecule has 0 saturated heterocycles. The molecule has 0 saturated carbocycles. The lowest BCUT2D eigenvalue weighted by molar-refractivity contribution is 0.0805. The van der Waals surface area contributed by atoms with E-state index in [1.165, 1.54) is 16.7 Å². The highest BCUT2D eigenvalue weighted by atomic mass is 16.5. The average molecular weight is 415 g/mol. The lowest BCUT2D eigenvalue weighted by Gasteiger charge is -2.14. The number of benzene rings is 2. The van der Waals surface area contributed by atoms with Crippen LogP contribution in [-0.2, 0) is 22.6 Å². The first-order valence-electron chi connectivity index (χ1n) is 10.9. The maximum absolute atomic E-state index is 5.62. The molecule has 0 aliphatic carbocycles. The topological polar surface area (TPSA) is 51.8 Å². The molecule has 0 aromatic heterocycles. The predicted octanol–water partition coefficient (Wildman–Crippen LogP) is 4.39. The van der Waals surface area contributed by atoms with Crippen LogP contribution in [0.2, 0.25) is 0 Å². The minimum absolute atomic E-state index is 0.264. The molecule has 2 rings (SSSR count). The van der Waals surface area contributed by atoms with Crippen molar-refractivity contribution in [3.8, 4) is 16.9 Å². The lowest BCUT2D eigenvalue weighted by atomic mass is 9.99. The molecule has 0 unspecified atom stereocenters. The smallest absolute Gasteiger partial charge is 0.119 e. The van der Waals surface area contributed by atoms with E-state index in [9.17, 15) is 0 Å². The van der Waals surface area contributed by atoms with Crippen LogP contribution in [0.5, 0.6) is 5.75 Å². The summed E-state index contributed by atoms with van der Waals surface area (Å²) in [4.78, 5) is 0. The molecule has 5 heteroatoms. The largest absolute Gasteiger partial charge is 0.497 e. The molecule has 0 bridgehead atoms. The van der Waals surface area contributed by atoms with Crippen molar-refractivity contribution in [2.75, 3.05) is 33.4 Å². The molecule has 0 fully saturated rings. The van der Waals surface area contributed by atoms with Crippen LogP contribution in [-0.4, -0.2) is 45.6 Å². The Morgan fingerprint density at radius 2 is 1.30 bits per heavy atom. The zero-order chi connectivity index (χ0) is 21.8. The maximum Gasteiger partial charge on any atom is 0.119 e. The molecule has 5 nitrogen and oxygen atoms in total. The van der Waals surface area contributed by atoms with Gasteiger partial charge in [-0.2, -0.15) is 0 Å². The van der Waals surface area contributed by atoms with E-state index in [-0.39, 0.29) is 12.2 Å². The van der Waals surface area contributed by atoms with Crippen LogP contribution in [0.25, 0.3) is 11.1 Å². The zero-order valence-electron chi connectivity index (χ0n) is 19.2. The van der Waals surface area contributed by atoms with Gasteiger partial charge in [0.15, 0.2) is 0 Å². The van der Waals surface area contributed by atoms with Gasteiger partial charge in [0.1, 0.15) is 5.75 Å². The van der Waals surface area contributed by atoms with Gasteiger partial charge in [-0.05, 0) is 74.2 Å². The average Bonchev–Trinajstić information content (AvgIpc) is 2.72. The normalized spacial score (nSPS) is 11.4. The van der Waals surface area contributed by atoms with Crippen molar-refractivity contribution < 1.29 is 14.2 Å². The minimum Gasteiger partial charge on any atom is -0.497 e. The molecule has 30 heavy (non-hydrogen) atoms. The van der Waals surface area contributed by atoms with Gasteiger partial charge >= 0.3 is 0 Å². The van der Waals surface area contributed by atoms with Gasteiger partial charge in [0.05, 0.1) is 32.5 Å². The molecule has 0 aliphatic rings. The van der Waals surface area contributed by atoms with E-state index in [1.54, 1.807) is 7.11 Å². The van der Waals surface area contributed by atoms with Gasteiger partial charge in [-0.15, -0.1) is 0 Å². The maximum atomic E-state index is 5.62. The number of methoxy groups -OCH3 is 1. The first-order valence-corrected chi connectivity index (χ1v) is 10.9. The fraction of sp³-hybridized carbons (Fsp3) is 0.520. The summed E-state index contributed by atoms with van der Waals surface area (Å²) >= 11 is 0. The molecule has 2 N–H and O–H groups in total. The van der Waals surface area contributed by atoms with Crippen LogP contribution in [0.4, 0.5) is 0 Å². The molecule has 0 aliphatic heterocycles. The number of hydrogen-bond donors (Lipinski definition) is 2. The third-order valence-electron chi connectivity index (χ3n) is 4.57. The summed E-state index contributed by atoms with van der Waals surface area (Å²) in [6.45, 7) is 13.0. The monoisotopic (exact) mass is 414 g/mol. The third-order valence-corrected chi connectivity index (χ3v) is 4.57. The summed E-state index contributed by atoms with van der Waals surface area (Å²) < 4.78 is 16.6. The number of ether oxygens (including phenoxy) is 3. The number of rotatable bonds is 14. The summed E-state index contributed by atoms with van der Waals surface area (Å²) in [6, 6.07) is 15.0. The molecular formula is C25H38N2O3. The van der Waals surface area contributed by atoms with E-state index in [2.05, 4.69) is 68.7 Å². The van der Waals surface area contributed by atoms with Crippen molar-refractivity contribution in [3.05, 3.63) is 53.6 Å². The van der Waals surface area contributed by atoms with Crippen LogP contribution in [0.3, 0.4) is 0 Å². The van der Waals surface area contributed by atoms with Crippen molar-refractivity contribution in [3.63, 3.8) is 0 Å². The van der Waals surface area contributed by atoms with Gasteiger partial charge in [-0.3, -0.25) is 0 Å². The predicted molar refractivity (Wildman–Crippen MR) is 124 cm³/mol. The zero-order valence-corrected chi connectivity index (χ0v) is 19.2. The van der Waals surface area contributed by atoms with E-state index in [4.69, 9.17) is 14.2 Å². The van der Waals surface area contributed by atoms with Gasteiger partial charge in [0.2, 0.25) is 0 Å². The van der Waals surface area contributed by atoms with Gasteiger partial charge in [0.25, 0.3) is 0 Å². The Balaban J connectivity index is 2.06. The third kappa shape index (κ3) is 9.26. The Morgan fingerprint density at radius 3 is 1.80 bits per heavy atom. The molecular weight excluding hydrogens is 376 g/mol. The molecule has 0 spiro atoms. The summed E-state index contributed by atoms with van der Waals surface area (Å²) in [5, 5.41) is 6.97. The van der Waals surface area contributed by atoms with Crippen molar-refractivity contribution in [2.45, 2.75) is 53.0 Å². The Labute approximate surface area is 182 Å². The van der Waals surface area contributed by atoms with Crippen LogP contribution in [0.1, 0.15) is 38.8 Å². The molecule has 2 aromatic rings. The van der Waals surface area contributed by atoms with E-state index in [0.717, 1.165) is 50.7 Å². The molecule has 2 aromatic carbocycles. The lowest BCUT2D eigenvalue weighted by Crippen LogP contribution is -2.22. The Bertz CT molecular complexity index is 711. The first-order chi connectivity index (χ1) is 14.5. The van der Waals surface area contributed by atoms with Gasteiger partial charge in [-0.25, -0.2) is 0 Å². The van der Waals surface area contributed by atoms with E-state index < -0.39 is 0 Å². The van der Waals surface area contributed by atoms with Gasteiger partial charge < -0.3 is 24.8 Å². The van der Waals surface area contributed by atoms with Crippen LogP contribution in [0.15, 0.2) is 42.5 Å². The molecule has 0 atom stereocenters. The second kappa shape index (κ2) is 13.4. The van der Waals surface area contributed by atoms with Crippen molar-refractivity contribution in [1.29, 1.82) is 0 Å². The summed E-state index contributed by atoms with van der Waals surface area (Å²) in [5.74, 6) is 0.868. The Morgan fingerprint density at radius 1 is 0.733 bits per heavy atom. The fourth-order valence-electron chi connectivity index (χ4n) is 3.14. The SMILES string of the molecule is COc1cccc(-c2cc(CNCCOC(C)C)cc(CNCCOC(C)C)c2)c1. The summed E-state index contributed by atoms with van der Waals surface area (Å²) in [6.07, 6.45) is 0.529. The van der Waals surface area contributed by atoms with Crippen molar-refractivity contribution >= 4 is 0 Å². The second-order valence-corrected chi connectivity index (χ2v) is 7.96. The highest BCUT2D eigenvalue weighted by Gasteiger charge is 2.06. The quantitative estimate of drug-likeness (QED) is 0.449. The molecule has 0 amide bonds. The van der Waals surface area contributed by atoms with E-state index >= 15 is 0 Å². The molecule has 0 heterocycles.